The first kappa shape index (κ1) is 16.9. The van der Waals surface area contributed by atoms with Crippen LogP contribution in [0, 0.1) is 23.6 Å². The predicted octanol–water partition coefficient (Wildman–Crippen LogP) is 2.72. The zero-order valence-electron chi connectivity index (χ0n) is 15.4. The molecule has 26 heavy (non-hydrogen) atoms. The summed E-state index contributed by atoms with van der Waals surface area (Å²) in [6, 6.07) is 0. The van der Waals surface area contributed by atoms with Crippen molar-refractivity contribution >= 4 is 5.95 Å². The van der Waals surface area contributed by atoms with Crippen LogP contribution in [0.25, 0.3) is 0 Å². The van der Waals surface area contributed by atoms with Gasteiger partial charge in [-0.25, -0.2) is 14.4 Å². The lowest BCUT2D eigenvalue weighted by Crippen LogP contribution is -2.73. The third-order valence-corrected chi connectivity index (χ3v) is 6.59. The Labute approximate surface area is 154 Å². The molecule has 0 unspecified atom stereocenters. The van der Waals surface area contributed by atoms with Gasteiger partial charge in [-0.15, -0.1) is 0 Å². The largest absolute Gasteiger partial charge is 0.381 e. The molecule has 142 valence electrons. The summed E-state index contributed by atoms with van der Waals surface area (Å²) in [5.74, 6) is 2.71. The Morgan fingerprint density at radius 1 is 1.00 bits per heavy atom. The highest BCUT2D eigenvalue weighted by atomic mass is 19.1. The molecule has 0 amide bonds. The zero-order chi connectivity index (χ0) is 17.6. The Hall–Kier alpha value is -1.27. The van der Waals surface area contributed by atoms with E-state index in [0.29, 0.717) is 11.9 Å². The number of aromatic nitrogens is 2. The lowest BCUT2D eigenvalue weighted by Gasteiger charge is -2.59. The van der Waals surface area contributed by atoms with Crippen LogP contribution >= 0.6 is 0 Å². The molecular formula is C20H29FN4O. The van der Waals surface area contributed by atoms with Gasteiger partial charge in [-0.2, -0.15) is 0 Å². The van der Waals surface area contributed by atoms with Gasteiger partial charge in [-0.3, -0.25) is 4.90 Å². The number of nitrogens with zero attached hydrogens (tertiary/aromatic N) is 4. The summed E-state index contributed by atoms with van der Waals surface area (Å²) in [7, 11) is 0. The fraction of sp³-hybridized carbons (Fsp3) is 0.800. The van der Waals surface area contributed by atoms with Crippen molar-refractivity contribution in [2.45, 2.75) is 44.1 Å². The van der Waals surface area contributed by atoms with Crippen molar-refractivity contribution in [3.8, 4) is 0 Å². The van der Waals surface area contributed by atoms with Crippen LogP contribution in [0.4, 0.5) is 10.3 Å². The number of rotatable bonds is 7. The molecule has 4 aliphatic rings. The van der Waals surface area contributed by atoms with Gasteiger partial charge in [0.05, 0.1) is 17.9 Å². The average molecular weight is 360 g/mol. The molecule has 0 N–H and O–H groups in total. The molecule has 1 spiro atoms. The van der Waals surface area contributed by atoms with E-state index in [4.69, 9.17) is 4.74 Å². The summed E-state index contributed by atoms with van der Waals surface area (Å²) in [4.78, 5) is 13.3. The SMILES string of the molecule is Fc1cnc(N2CC3(C[C@@H](COCC4CC4)CCN3CC3CC3)C2)nc1. The minimum Gasteiger partial charge on any atom is -0.381 e. The van der Waals surface area contributed by atoms with Gasteiger partial charge in [0.25, 0.3) is 0 Å². The molecule has 0 radical (unpaired) electrons. The minimum absolute atomic E-state index is 0.242. The van der Waals surface area contributed by atoms with Crippen LogP contribution in [-0.2, 0) is 4.74 Å². The van der Waals surface area contributed by atoms with Crippen molar-refractivity contribution in [2.24, 2.45) is 17.8 Å². The Morgan fingerprint density at radius 2 is 1.69 bits per heavy atom. The van der Waals surface area contributed by atoms with Crippen LogP contribution in [-0.4, -0.2) is 59.8 Å². The molecule has 1 aromatic rings. The third kappa shape index (κ3) is 3.58. The number of likely N-dealkylation sites (tertiary alicyclic amines) is 1. The van der Waals surface area contributed by atoms with Crippen LogP contribution in [0.15, 0.2) is 12.4 Å². The monoisotopic (exact) mass is 360 g/mol. The van der Waals surface area contributed by atoms with Gasteiger partial charge in [-0.05, 0) is 62.8 Å². The maximum Gasteiger partial charge on any atom is 0.225 e. The second-order valence-corrected chi connectivity index (χ2v) is 9.01. The Morgan fingerprint density at radius 3 is 2.38 bits per heavy atom. The van der Waals surface area contributed by atoms with Gasteiger partial charge in [0.15, 0.2) is 5.82 Å². The summed E-state index contributed by atoms with van der Waals surface area (Å²) >= 11 is 0. The Bertz CT molecular complexity index is 625. The smallest absolute Gasteiger partial charge is 0.225 e. The summed E-state index contributed by atoms with van der Waals surface area (Å²) in [5, 5.41) is 0. The molecular weight excluding hydrogens is 331 g/mol. The van der Waals surface area contributed by atoms with E-state index in [1.165, 1.54) is 64.0 Å². The number of piperidine rings is 1. The molecule has 5 rings (SSSR count). The van der Waals surface area contributed by atoms with E-state index >= 15 is 0 Å². The summed E-state index contributed by atoms with van der Waals surface area (Å²) in [5.41, 5.74) is 0.242. The summed E-state index contributed by atoms with van der Waals surface area (Å²) in [6.45, 7) is 6.24. The van der Waals surface area contributed by atoms with E-state index in [0.717, 1.165) is 38.1 Å². The molecule has 1 aromatic heterocycles. The Kier molecular flexibility index (Phi) is 4.36. The highest BCUT2D eigenvalue weighted by Gasteiger charge is 2.52. The maximum absolute atomic E-state index is 13.1. The van der Waals surface area contributed by atoms with Gasteiger partial charge >= 0.3 is 0 Å². The number of ether oxygens (including phenoxy) is 1. The molecule has 2 saturated heterocycles. The average Bonchev–Trinajstić information content (AvgIpc) is 3.50. The van der Waals surface area contributed by atoms with Crippen LogP contribution in [0.2, 0.25) is 0 Å². The first-order valence-electron chi connectivity index (χ1n) is 10.3. The molecule has 0 aromatic carbocycles. The van der Waals surface area contributed by atoms with Gasteiger partial charge in [0.1, 0.15) is 0 Å². The quantitative estimate of drug-likeness (QED) is 0.748. The molecule has 2 aliphatic carbocycles. The zero-order valence-corrected chi connectivity index (χ0v) is 15.4. The maximum atomic E-state index is 13.1. The standard InChI is InChI=1S/C20H29FN4O/c21-18-8-22-19(23-9-18)24-13-20(14-24)7-17(12-26-11-16-3-4-16)5-6-25(20)10-15-1-2-15/h8-9,15-17H,1-7,10-14H2/t17-/m0/s1. The lowest BCUT2D eigenvalue weighted by atomic mass is 9.75. The molecule has 5 nitrogen and oxygen atoms in total. The lowest BCUT2D eigenvalue weighted by molar-refractivity contribution is -0.0309. The van der Waals surface area contributed by atoms with E-state index in [9.17, 15) is 4.39 Å². The molecule has 0 bridgehead atoms. The molecule has 2 aliphatic heterocycles. The highest BCUT2D eigenvalue weighted by molar-refractivity contribution is 5.38. The van der Waals surface area contributed by atoms with E-state index in [2.05, 4.69) is 19.8 Å². The second kappa shape index (κ2) is 6.71. The summed E-state index contributed by atoms with van der Waals surface area (Å²) < 4.78 is 19.1. The van der Waals surface area contributed by atoms with Gasteiger partial charge in [-0.1, -0.05) is 0 Å². The summed E-state index contributed by atoms with van der Waals surface area (Å²) in [6.07, 6.45) is 10.5. The molecule has 3 heterocycles. The molecule has 6 heteroatoms. The number of anilines is 1. The fourth-order valence-corrected chi connectivity index (χ4v) is 4.67. The second-order valence-electron chi connectivity index (χ2n) is 9.01. The van der Waals surface area contributed by atoms with E-state index < -0.39 is 0 Å². The first-order chi connectivity index (χ1) is 12.7. The predicted molar refractivity (Wildman–Crippen MR) is 97.5 cm³/mol. The van der Waals surface area contributed by atoms with E-state index in [1.54, 1.807) is 0 Å². The first-order valence-corrected chi connectivity index (χ1v) is 10.3. The number of hydrogen-bond acceptors (Lipinski definition) is 5. The van der Waals surface area contributed by atoms with Crippen LogP contribution < -0.4 is 4.90 Å². The van der Waals surface area contributed by atoms with E-state index in [1.807, 2.05) is 0 Å². The normalized spacial score (nSPS) is 28.3. The van der Waals surface area contributed by atoms with Crippen LogP contribution in [0.3, 0.4) is 0 Å². The van der Waals surface area contributed by atoms with Crippen molar-refractivity contribution in [1.29, 1.82) is 0 Å². The number of halogens is 1. The highest BCUT2D eigenvalue weighted by Crippen LogP contribution is 2.43. The van der Waals surface area contributed by atoms with Crippen LogP contribution in [0.1, 0.15) is 38.5 Å². The molecule has 4 fully saturated rings. The van der Waals surface area contributed by atoms with Crippen molar-refractivity contribution in [2.75, 3.05) is 44.3 Å². The van der Waals surface area contributed by atoms with Crippen LogP contribution in [0.5, 0.6) is 0 Å². The molecule has 1 atom stereocenters. The van der Waals surface area contributed by atoms with Crippen molar-refractivity contribution in [1.82, 2.24) is 14.9 Å². The fourth-order valence-electron chi connectivity index (χ4n) is 4.67. The van der Waals surface area contributed by atoms with Crippen molar-refractivity contribution in [3.05, 3.63) is 18.2 Å². The van der Waals surface area contributed by atoms with Gasteiger partial charge < -0.3 is 9.64 Å². The van der Waals surface area contributed by atoms with Gasteiger partial charge in [0, 0.05) is 32.8 Å². The topological polar surface area (TPSA) is 41.5 Å². The van der Waals surface area contributed by atoms with Crippen molar-refractivity contribution < 1.29 is 9.13 Å². The van der Waals surface area contributed by atoms with E-state index in [-0.39, 0.29) is 11.4 Å². The van der Waals surface area contributed by atoms with Gasteiger partial charge in [0.2, 0.25) is 5.95 Å². The third-order valence-electron chi connectivity index (χ3n) is 6.59. The minimum atomic E-state index is -0.370. The Balaban J connectivity index is 1.22. The molecule has 2 saturated carbocycles. The number of hydrogen-bond donors (Lipinski definition) is 0. The van der Waals surface area contributed by atoms with Crippen molar-refractivity contribution in [3.63, 3.8) is 0 Å².